The van der Waals surface area contributed by atoms with Crippen LogP contribution < -0.4 is 5.73 Å². The van der Waals surface area contributed by atoms with Crippen molar-refractivity contribution in [3.8, 4) is 0 Å². The standard InChI is InChI=1S/C13H22N4OS/c1-4-17-7-5-6-10(17)8-16(3)12(18)11-9(2)15-13(14)19-11/h10H,4-8H2,1-3H3,(H2,14,15). The minimum Gasteiger partial charge on any atom is -0.375 e. The Bertz CT molecular complexity index is 459. The van der Waals surface area contributed by atoms with Crippen molar-refractivity contribution in [3.05, 3.63) is 10.6 Å². The average molecular weight is 282 g/mol. The molecule has 0 aromatic carbocycles. The van der Waals surface area contributed by atoms with Crippen LogP contribution in [0.4, 0.5) is 5.13 Å². The Kier molecular flexibility index (Phi) is 4.42. The second-order valence-corrected chi connectivity index (χ2v) is 6.11. The zero-order valence-corrected chi connectivity index (χ0v) is 12.7. The molecule has 0 radical (unpaired) electrons. The largest absolute Gasteiger partial charge is 0.375 e. The molecular weight excluding hydrogens is 260 g/mol. The highest BCUT2D eigenvalue weighted by atomic mass is 32.1. The number of likely N-dealkylation sites (N-methyl/N-ethyl adjacent to an activating group) is 2. The van der Waals surface area contributed by atoms with Crippen LogP contribution in [-0.4, -0.2) is 53.4 Å². The number of amides is 1. The molecule has 1 aromatic heterocycles. The predicted octanol–water partition coefficient (Wildman–Crippen LogP) is 1.59. The molecule has 1 fully saturated rings. The fraction of sp³-hybridized carbons (Fsp3) is 0.692. The van der Waals surface area contributed by atoms with E-state index in [9.17, 15) is 4.79 Å². The highest BCUT2D eigenvalue weighted by Crippen LogP contribution is 2.23. The zero-order valence-electron chi connectivity index (χ0n) is 11.8. The summed E-state index contributed by atoms with van der Waals surface area (Å²) in [6.45, 7) is 6.99. The predicted molar refractivity (Wildman–Crippen MR) is 78.5 cm³/mol. The van der Waals surface area contributed by atoms with E-state index in [1.165, 1.54) is 24.2 Å². The van der Waals surface area contributed by atoms with E-state index in [-0.39, 0.29) is 5.91 Å². The van der Waals surface area contributed by atoms with Crippen LogP contribution in [0.2, 0.25) is 0 Å². The SMILES string of the molecule is CCN1CCCC1CN(C)C(=O)c1sc(N)nc1C. The number of nitrogens with zero attached hydrogens (tertiary/aromatic N) is 3. The molecule has 5 nitrogen and oxygen atoms in total. The van der Waals surface area contributed by atoms with Crippen molar-refractivity contribution >= 4 is 22.4 Å². The number of aryl methyl sites for hydroxylation is 1. The summed E-state index contributed by atoms with van der Waals surface area (Å²) in [5.74, 6) is 0.0367. The number of carbonyl (C=O) groups excluding carboxylic acids is 1. The fourth-order valence-electron chi connectivity index (χ4n) is 2.71. The average Bonchev–Trinajstić information content (AvgIpc) is 2.94. The van der Waals surface area contributed by atoms with E-state index in [1.807, 2.05) is 14.0 Å². The van der Waals surface area contributed by atoms with Gasteiger partial charge in [0, 0.05) is 19.6 Å². The van der Waals surface area contributed by atoms with Gasteiger partial charge in [-0.1, -0.05) is 18.3 Å². The number of aromatic nitrogens is 1. The second kappa shape index (κ2) is 5.88. The van der Waals surface area contributed by atoms with Gasteiger partial charge in [-0.05, 0) is 32.9 Å². The van der Waals surface area contributed by atoms with E-state index in [0.29, 0.717) is 16.1 Å². The van der Waals surface area contributed by atoms with Gasteiger partial charge in [-0.2, -0.15) is 0 Å². The molecule has 1 aromatic rings. The van der Waals surface area contributed by atoms with Crippen molar-refractivity contribution < 1.29 is 4.79 Å². The number of likely N-dealkylation sites (tertiary alicyclic amines) is 1. The van der Waals surface area contributed by atoms with Gasteiger partial charge in [0.05, 0.1) is 5.69 Å². The molecule has 106 valence electrons. The Morgan fingerprint density at radius 1 is 1.63 bits per heavy atom. The van der Waals surface area contributed by atoms with Crippen molar-refractivity contribution in [2.75, 3.05) is 32.4 Å². The molecule has 1 saturated heterocycles. The third kappa shape index (κ3) is 3.06. The summed E-state index contributed by atoms with van der Waals surface area (Å²) in [5, 5.41) is 0.463. The lowest BCUT2D eigenvalue weighted by Gasteiger charge is -2.27. The Balaban J connectivity index is 2.01. The fourth-order valence-corrected chi connectivity index (χ4v) is 3.53. The van der Waals surface area contributed by atoms with Crippen LogP contribution in [-0.2, 0) is 0 Å². The molecular formula is C13H22N4OS. The molecule has 1 amide bonds. The molecule has 0 bridgehead atoms. The first-order valence-electron chi connectivity index (χ1n) is 6.75. The van der Waals surface area contributed by atoms with E-state index < -0.39 is 0 Å². The molecule has 1 aliphatic rings. The van der Waals surface area contributed by atoms with Gasteiger partial charge >= 0.3 is 0 Å². The highest BCUT2D eigenvalue weighted by Gasteiger charge is 2.27. The summed E-state index contributed by atoms with van der Waals surface area (Å²) in [7, 11) is 1.86. The minimum absolute atomic E-state index is 0.0367. The maximum absolute atomic E-state index is 12.4. The number of nitrogen functional groups attached to an aromatic ring is 1. The van der Waals surface area contributed by atoms with Crippen LogP contribution in [0.3, 0.4) is 0 Å². The Morgan fingerprint density at radius 2 is 2.37 bits per heavy atom. The third-order valence-corrected chi connectivity index (χ3v) is 4.72. The molecule has 1 unspecified atom stereocenters. The number of thiazole rings is 1. The maximum Gasteiger partial charge on any atom is 0.265 e. The summed E-state index contributed by atoms with van der Waals surface area (Å²) in [5.41, 5.74) is 6.39. The van der Waals surface area contributed by atoms with Gasteiger partial charge in [-0.25, -0.2) is 4.98 Å². The van der Waals surface area contributed by atoms with Gasteiger partial charge in [-0.15, -0.1) is 0 Å². The number of hydrogen-bond acceptors (Lipinski definition) is 5. The monoisotopic (exact) mass is 282 g/mol. The first kappa shape index (κ1) is 14.3. The Hall–Kier alpha value is -1.14. The second-order valence-electron chi connectivity index (χ2n) is 5.08. The summed E-state index contributed by atoms with van der Waals surface area (Å²) in [6.07, 6.45) is 2.41. The summed E-state index contributed by atoms with van der Waals surface area (Å²) in [6, 6.07) is 0.490. The van der Waals surface area contributed by atoms with E-state index in [4.69, 9.17) is 5.73 Å². The van der Waals surface area contributed by atoms with Gasteiger partial charge in [0.1, 0.15) is 4.88 Å². The van der Waals surface area contributed by atoms with Crippen molar-refractivity contribution in [2.24, 2.45) is 0 Å². The van der Waals surface area contributed by atoms with Crippen molar-refractivity contribution in [3.63, 3.8) is 0 Å². The molecule has 6 heteroatoms. The molecule has 1 atom stereocenters. The summed E-state index contributed by atoms with van der Waals surface area (Å²) in [4.78, 5) is 21.4. The normalized spacial score (nSPS) is 19.8. The van der Waals surface area contributed by atoms with E-state index in [0.717, 1.165) is 25.3 Å². The molecule has 0 spiro atoms. The van der Waals surface area contributed by atoms with Crippen LogP contribution in [0.15, 0.2) is 0 Å². The third-order valence-electron chi connectivity index (χ3n) is 3.74. The van der Waals surface area contributed by atoms with Crippen LogP contribution in [0.5, 0.6) is 0 Å². The van der Waals surface area contributed by atoms with Gasteiger partial charge in [-0.3, -0.25) is 9.69 Å². The first-order chi connectivity index (χ1) is 9.02. The molecule has 2 heterocycles. The summed E-state index contributed by atoms with van der Waals surface area (Å²) < 4.78 is 0. The molecule has 19 heavy (non-hydrogen) atoms. The molecule has 2 N–H and O–H groups in total. The van der Waals surface area contributed by atoms with Crippen LogP contribution in [0, 0.1) is 6.92 Å². The Labute approximate surface area is 118 Å². The smallest absolute Gasteiger partial charge is 0.265 e. The topological polar surface area (TPSA) is 62.5 Å². The lowest BCUT2D eigenvalue weighted by molar-refractivity contribution is 0.0758. The minimum atomic E-state index is 0.0367. The van der Waals surface area contributed by atoms with E-state index >= 15 is 0 Å². The quantitative estimate of drug-likeness (QED) is 0.911. The van der Waals surface area contributed by atoms with E-state index in [2.05, 4.69) is 16.8 Å². The maximum atomic E-state index is 12.4. The van der Waals surface area contributed by atoms with Crippen molar-refractivity contribution in [2.45, 2.75) is 32.7 Å². The number of rotatable bonds is 4. The van der Waals surface area contributed by atoms with Crippen LogP contribution in [0.1, 0.15) is 35.1 Å². The highest BCUT2D eigenvalue weighted by molar-refractivity contribution is 7.17. The first-order valence-corrected chi connectivity index (χ1v) is 7.57. The van der Waals surface area contributed by atoms with Gasteiger partial charge in [0.2, 0.25) is 0 Å². The molecule has 1 aliphatic heterocycles. The Morgan fingerprint density at radius 3 is 2.95 bits per heavy atom. The molecule has 0 saturated carbocycles. The zero-order chi connectivity index (χ0) is 14.0. The van der Waals surface area contributed by atoms with Crippen LogP contribution >= 0.6 is 11.3 Å². The van der Waals surface area contributed by atoms with Gasteiger partial charge in [0.15, 0.2) is 5.13 Å². The lowest BCUT2D eigenvalue weighted by Crippen LogP contribution is -2.41. The molecule has 2 rings (SSSR count). The van der Waals surface area contributed by atoms with Crippen molar-refractivity contribution in [1.82, 2.24) is 14.8 Å². The number of hydrogen-bond donors (Lipinski definition) is 1. The van der Waals surface area contributed by atoms with Crippen LogP contribution in [0.25, 0.3) is 0 Å². The van der Waals surface area contributed by atoms with Gasteiger partial charge < -0.3 is 10.6 Å². The number of nitrogens with two attached hydrogens (primary N) is 1. The van der Waals surface area contributed by atoms with E-state index in [1.54, 1.807) is 4.90 Å². The van der Waals surface area contributed by atoms with Gasteiger partial charge in [0.25, 0.3) is 5.91 Å². The number of anilines is 1. The summed E-state index contributed by atoms with van der Waals surface area (Å²) >= 11 is 1.28. The molecule has 0 aliphatic carbocycles. The van der Waals surface area contributed by atoms with Crippen molar-refractivity contribution in [1.29, 1.82) is 0 Å². The lowest BCUT2D eigenvalue weighted by atomic mass is 10.2. The number of carbonyl (C=O) groups is 1.